The van der Waals surface area contributed by atoms with Crippen LogP contribution in [-0.4, -0.2) is 52.3 Å². The minimum Gasteiger partial charge on any atom is -0.339 e. The summed E-state index contributed by atoms with van der Waals surface area (Å²) in [5, 5.41) is 2.90. The van der Waals surface area contributed by atoms with Crippen molar-refractivity contribution in [1.29, 1.82) is 0 Å². The molecule has 3 aliphatic rings. The molecule has 6 heteroatoms. The third-order valence-electron chi connectivity index (χ3n) is 5.89. The van der Waals surface area contributed by atoms with Crippen LogP contribution in [0.15, 0.2) is 0 Å². The Morgan fingerprint density at radius 1 is 1.21 bits per heavy atom. The van der Waals surface area contributed by atoms with Crippen molar-refractivity contribution in [3.8, 4) is 0 Å². The third-order valence-corrected chi connectivity index (χ3v) is 5.89. The molecular formula is C18H29N3O3. The first-order chi connectivity index (χ1) is 11.4. The molecule has 0 aromatic heterocycles. The van der Waals surface area contributed by atoms with E-state index in [0.29, 0.717) is 12.0 Å². The molecule has 4 amide bonds. The van der Waals surface area contributed by atoms with Gasteiger partial charge in [-0.05, 0) is 31.6 Å². The number of nitrogens with one attached hydrogen (secondary N) is 1. The maximum Gasteiger partial charge on any atom is 0.325 e. The zero-order valence-corrected chi connectivity index (χ0v) is 14.8. The van der Waals surface area contributed by atoms with Crippen LogP contribution in [0, 0.1) is 5.92 Å². The summed E-state index contributed by atoms with van der Waals surface area (Å²) in [5.41, 5.74) is -0.688. The van der Waals surface area contributed by atoms with E-state index >= 15 is 0 Å². The van der Waals surface area contributed by atoms with Crippen LogP contribution in [0.5, 0.6) is 0 Å². The molecule has 134 valence electrons. The Kier molecular flexibility index (Phi) is 4.83. The van der Waals surface area contributed by atoms with Gasteiger partial charge in [-0.15, -0.1) is 0 Å². The summed E-state index contributed by atoms with van der Waals surface area (Å²) in [4.78, 5) is 40.7. The van der Waals surface area contributed by atoms with E-state index in [2.05, 4.69) is 19.2 Å². The van der Waals surface area contributed by atoms with Gasteiger partial charge in [-0.2, -0.15) is 0 Å². The highest BCUT2D eigenvalue weighted by Crippen LogP contribution is 2.33. The van der Waals surface area contributed by atoms with Gasteiger partial charge in [-0.25, -0.2) is 4.79 Å². The highest BCUT2D eigenvalue weighted by molar-refractivity contribution is 6.07. The summed E-state index contributed by atoms with van der Waals surface area (Å²) >= 11 is 0. The predicted octanol–water partition coefficient (Wildman–Crippen LogP) is 2.28. The van der Waals surface area contributed by atoms with E-state index < -0.39 is 5.54 Å². The van der Waals surface area contributed by atoms with E-state index in [1.54, 1.807) is 0 Å². The number of nitrogens with zero attached hydrogens (tertiary/aromatic N) is 2. The second-order valence-electron chi connectivity index (χ2n) is 7.82. The monoisotopic (exact) mass is 335 g/mol. The molecule has 3 rings (SSSR count). The first-order valence-corrected chi connectivity index (χ1v) is 9.38. The first kappa shape index (κ1) is 17.2. The number of rotatable bonds is 4. The fourth-order valence-corrected chi connectivity index (χ4v) is 4.52. The predicted molar refractivity (Wildman–Crippen MR) is 90.3 cm³/mol. The van der Waals surface area contributed by atoms with Crippen LogP contribution in [0.2, 0.25) is 0 Å². The summed E-state index contributed by atoms with van der Waals surface area (Å²) in [6, 6.07) is -0.0261. The molecule has 1 N–H and O–H groups in total. The lowest BCUT2D eigenvalue weighted by Gasteiger charge is -2.30. The molecule has 1 saturated carbocycles. The minimum absolute atomic E-state index is 0.0661. The SMILES string of the molecule is CC(C)[C@@H]1CCCN1C(=O)CCN1C(=O)NC2(CCCCC2)C1=O. The smallest absolute Gasteiger partial charge is 0.325 e. The van der Waals surface area contributed by atoms with E-state index in [1.807, 2.05) is 4.90 Å². The van der Waals surface area contributed by atoms with Gasteiger partial charge < -0.3 is 10.2 Å². The van der Waals surface area contributed by atoms with Crippen LogP contribution in [-0.2, 0) is 9.59 Å². The van der Waals surface area contributed by atoms with Crippen LogP contribution in [0.25, 0.3) is 0 Å². The maximum absolute atomic E-state index is 12.7. The Morgan fingerprint density at radius 3 is 2.58 bits per heavy atom. The van der Waals surface area contributed by atoms with Crippen molar-refractivity contribution in [2.24, 2.45) is 5.92 Å². The average molecular weight is 335 g/mol. The van der Waals surface area contributed by atoms with Crippen molar-refractivity contribution in [1.82, 2.24) is 15.1 Å². The van der Waals surface area contributed by atoms with E-state index in [0.717, 1.165) is 51.5 Å². The lowest BCUT2D eigenvalue weighted by molar-refractivity contribution is -0.135. The topological polar surface area (TPSA) is 69.7 Å². The van der Waals surface area contributed by atoms with Gasteiger partial charge >= 0.3 is 6.03 Å². The number of likely N-dealkylation sites (tertiary alicyclic amines) is 1. The number of imide groups is 1. The van der Waals surface area contributed by atoms with Crippen molar-refractivity contribution in [2.75, 3.05) is 13.1 Å². The molecular weight excluding hydrogens is 306 g/mol. The molecule has 0 radical (unpaired) electrons. The average Bonchev–Trinajstić information content (AvgIpc) is 3.12. The Hall–Kier alpha value is -1.59. The van der Waals surface area contributed by atoms with Crippen molar-refractivity contribution in [3.05, 3.63) is 0 Å². The van der Waals surface area contributed by atoms with E-state index in [-0.39, 0.29) is 30.8 Å². The van der Waals surface area contributed by atoms with Crippen LogP contribution in [0.1, 0.15) is 65.2 Å². The van der Waals surface area contributed by atoms with Gasteiger partial charge in [-0.3, -0.25) is 14.5 Å². The van der Waals surface area contributed by atoms with Gasteiger partial charge in [-0.1, -0.05) is 33.1 Å². The summed E-state index contributed by atoms with van der Waals surface area (Å²) in [5.74, 6) is 0.386. The maximum atomic E-state index is 12.7. The number of carbonyl (C=O) groups excluding carboxylic acids is 3. The van der Waals surface area contributed by atoms with Gasteiger partial charge in [0.1, 0.15) is 5.54 Å². The van der Waals surface area contributed by atoms with Crippen molar-refractivity contribution in [2.45, 2.75) is 76.8 Å². The molecule has 2 heterocycles. The number of amides is 4. The fourth-order valence-electron chi connectivity index (χ4n) is 4.52. The summed E-state index contributed by atoms with van der Waals surface area (Å²) < 4.78 is 0. The van der Waals surface area contributed by atoms with Crippen LogP contribution in [0.3, 0.4) is 0 Å². The molecule has 24 heavy (non-hydrogen) atoms. The molecule has 2 aliphatic heterocycles. The van der Waals surface area contributed by atoms with Gasteiger partial charge in [0, 0.05) is 25.6 Å². The second-order valence-corrected chi connectivity index (χ2v) is 7.82. The molecule has 2 saturated heterocycles. The summed E-state index contributed by atoms with van der Waals surface area (Å²) in [7, 11) is 0. The Labute approximate surface area is 143 Å². The minimum atomic E-state index is -0.688. The van der Waals surface area contributed by atoms with Gasteiger partial charge in [0.05, 0.1) is 0 Å². The zero-order valence-electron chi connectivity index (χ0n) is 14.8. The number of carbonyl (C=O) groups is 3. The Balaban J connectivity index is 1.59. The van der Waals surface area contributed by atoms with E-state index in [4.69, 9.17) is 0 Å². The van der Waals surface area contributed by atoms with Crippen molar-refractivity contribution < 1.29 is 14.4 Å². The molecule has 1 spiro atoms. The largest absolute Gasteiger partial charge is 0.339 e. The Morgan fingerprint density at radius 2 is 1.92 bits per heavy atom. The van der Waals surface area contributed by atoms with Crippen molar-refractivity contribution in [3.63, 3.8) is 0 Å². The molecule has 0 bridgehead atoms. The lowest BCUT2D eigenvalue weighted by Crippen LogP contribution is -2.48. The van der Waals surface area contributed by atoms with E-state index in [9.17, 15) is 14.4 Å². The van der Waals surface area contributed by atoms with Crippen LogP contribution >= 0.6 is 0 Å². The molecule has 1 atom stereocenters. The van der Waals surface area contributed by atoms with Crippen LogP contribution in [0.4, 0.5) is 4.79 Å². The normalized spacial score (nSPS) is 26.5. The van der Waals surface area contributed by atoms with Crippen molar-refractivity contribution >= 4 is 17.8 Å². The third kappa shape index (κ3) is 3.03. The standard InChI is InChI=1S/C18H29N3O3/c1-13(2)14-7-6-11-20(14)15(22)8-12-21-16(23)18(19-17(21)24)9-4-3-5-10-18/h13-14H,3-12H2,1-2H3,(H,19,24)/t14-/m0/s1. The molecule has 0 aromatic rings. The summed E-state index contributed by atoms with van der Waals surface area (Å²) in [6.45, 7) is 5.28. The summed E-state index contributed by atoms with van der Waals surface area (Å²) in [6.07, 6.45) is 6.85. The quantitative estimate of drug-likeness (QED) is 0.801. The van der Waals surface area contributed by atoms with Gasteiger partial charge in [0.25, 0.3) is 5.91 Å². The molecule has 1 aliphatic carbocycles. The van der Waals surface area contributed by atoms with E-state index in [1.165, 1.54) is 4.90 Å². The fraction of sp³-hybridized carbons (Fsp3) is 0.833. The molecule has 3 fully saturated rings. The Bertz CT molecular complexity index is 526. The first-order valence-electron chi connectivity index (χ1n) is 9.38. The highest BCUT2D eigenvalue weighted by Gasteiger charge is 2.51. The zero-order chi connectivity index (χ0) is 17.3. The van der Waals surface area contributed by atoms with Gasteiger partial charge in [0.2, 0.25) is 5.91 Å². The lowest BCUT2D eigenvalue weighted by atomic mass is 9.82. The second kappa shape index (κ2) is 6.73. The molecule has 0 unspecified atom stereocenters. The number of hydrogen-bond acceptors (Lipinski definition) is 3. The molecule has 6 nitrogen and oxygen atoms in total. The highest BCUT2D eigenvalue weighted by atomic mass is 16.2. The number of hydrogen-bond donors (Lipinski definition) is 1. The van der Waals surface area contributed by atoms with Crippen LogP contribution < -0.4 is 5.32 Å². The number of urea groups is 1. The van der Waals surface area contributed by atoms with Gasteiger partial charge in [0.15, 0.2) is 0 Å². The molecule has 0 aromatic carbocycles.